The summed E-state index contributed by atoms with van der Waals surface area (Å²) in [4.78, 5) is 4.17. The Kier molecular flexibility index (Phi) is 4.46. The van der Waals surface area contributed by atoms with Gasteiger partial charge in [0.15, 0.2) is 0 Å². The maximum atomic E-state index is 9.28. The van der Waals surface area contributed by atoms with Crippen LogP contribution in [0.15, 0.2) is 54.5 Å². The molecule has 0 bridgehead atoms. The first kappa shape index (κ1) is 16.8. The van der Waals surface area contributed by atoms with Crippen LogP contribution < -0.4 is 10.7 Å². The van der Waals surface area contributed by atoms with Crippen molar-refractivity contribution in [3.05, 3.63) is 71.2 Å². The van der Waals surface area contributed by atoms with Crippen LogP contribution in [-0.2, 0) is 0 Å². The molecule has 0 radical (unpaired) electrons. The Morgan fingerprint density at radius 1 is 1.23 bits per heavy atom. The first-order valence-corrected chi connectivity index (χ1v) is 9.08. The van der Waals surface area contributed by atoms with Gasteiger partial charge in [0.1, 0.15) is 0 Å². The second-order valence-corrected chi connectivity index (χ2v) is 7.24. The van der Waals surface area contributed by atoms with Crippen LogP contribution in [-0.4, -0.2) is 29.1 Å². The van der Waals surface area contributed by atoms with Gasteiger partial charge < -0.3 is 10.3 Å². The summed E-state index contributed by atoms with van der Waals surface area (Å²) in [5.41, 5.74) is 9.19. The fourth-order valence-corrected chi connectivity index (χ4v) is 3.79. The molecule has 1 fully saturated rings. The predicted molar refractivity (Wildman–Crippen MR) is 102 cm³/mol. The van der Waals surface area contributed by atoms with E-state index < -0.39 is 0 Å². The molecule has 5 nitrogen and oxygen atoms in total. The van der Waals surface area contributed by atoms with E-state index in [4.69, 9.17) is 0 Å². The lowest BCUT2D eigenvalue weighted by molar-refractivity contribution is 0.173. The van der Waals surface area contributed by atoms with Crippen LogP contribution >= 0.6 is 0 Å². The van der Waals surface area contributed by atoms with Crippen LogP contribution in [0.3, 0.4) is 0 Å². The van der Waals surface area contributed by atoms with Gasteiger partial charge in [0.05, 0.1) is 17.7 Å². The van der Waals surface area contributed by atoms with Crippen molar-refractivity contribution in [2.75, 3.05) is 13.1 Å². The number of nitrogens with zero attached hydrogens (tertiary/aromatic N) is 3. The minimum atomic E-state index is 0.0356. The normalized spacial score (nSPS) is 22.5. The van der Waals surface area contributed by atoms with Gasteiger partial charge in [-0.05, 0) is 41.3 Å². The number of piperazine rings is 1. The Bertz CT molecular complexity index is 865. The number of rotatable bonds is 3. The highest BCUT2D eigenvalue weighted by atomic mass is 15.6. The molecule has 0 spiro atoms. The maximum Gasteiger partial charge on any atom is 0.0991 e. The van der Waals surface area contributed by atoms with Crippen LogP contribution in [0.2, 0.25) is 0 Å². The van der Waals surface area contributed by atoms with Crippen molar-refractivity contribution in [1.29, 1.82) is 5.26 Å². The van der Waals surface area contributed by atoms with Crippen molar-refractivity contribution in [3.63, 3.8) is 0 Å². The lowest BCUT2D eigenvalue weighted by atomic mass is 9.92. The van der Waals surface area contributed by atoms with E-state index >= 15 is 0 Å². The predicted octanol–water partition coefficient (Wildman–Crippen LogP) is 2.85. The molecule has 5 heteroatoms. The van der Waals surface area contributed by atoms with Crippen LogP contribution in [0.5, 0.6) is 0 Å². The second kappa shape index (κ2) is 6.91. The number of benzene rings is 1. The van der Waals surface area contributed by atoms with Crippen LogP contribution in [0, 0.1) is 17.2 Å². The molecule has 2 unspecified atom stereocenters. The van der Waals surface area contributed by atoms with E-state index in [9.17, 15) is 5.26 Å². The third-order valence-electron chi connectivity index (χ3n) is 5.27. The van der Waals surface area contributed by atoms with Crippen molar-refractivity contribution in [1.82, 2.24) is 20.7 Å². The molecule has 0 amide bonds. The number of nitrogens with one attached hydrogen (secondary N) is 2. The number of aromatic nitrogens is 1. The minimum absolute atomic E-state index is 0.0356. The van der Waals surface area contributed by atoms with Crippen molar-refractivity contribution >= 4 is 5.57 Å². The molecule has 1 aromatic heterocycles. The zero-order valence-corrected chi connectivity index (χ0v) is 15.1. The van der Waals surface area contributed by atoms with Gasteiger partial charge in [-0.1, -0.05) is 26.0 Å². The minimum Gasteiger partial charge on any atom is -0.308 e. The van der Waals surface area contributed by atoms with Gasteiger partial charge in [0, 0.05) is 42.8 Å². The number of pyridine rings is 1. The van der Waals surface area contributed by atoms with Crippen LogP contribution in [0.1, 0.15) is 36.6 Å². The van der Waals surface area contributed by atoms with Gasteiger partial charge in [-0.25, -0.2) is 5.43 Å². The molecule has 2 N–H and O–H groups in total. The molecule has 132 valence electrons. The number of hydrogen-bond acceptors (Lipinski definition) is 5. The van der Waals surface area contributed by atoms with Gasteiger partial charge in [-0.2, -0.15) is 5.26 Å². The van der Waals surface area contributed by atoms with Crippen LogP contribution in [0.25, 0.3) is 5.57 Å². The molecule has 0 aliphatic carbocycles. The van der Waals surface area contributed by atoms with E-state index in [0.717, 1.165) is 18.7 Å². The largest absolute Gasteiger partial charge is 0.308 e. The number of nitriles is 1. The van der Waals surface area contributed by atoms with Crippen molar-refractivity contribution < 1.29 is 0 Å². The molecule has 2 aromatic rings. The Morgan fingerprint density at radius 2 is 2.04 bits per heavy atom. The average molecular weight is 345 g/mol. The quantitative estimate of drug-likeness (QED) is 0.896. The summed E-state index contributed by atoms with van der Waals surface area (Å²) in [7, 11) is 0. The zero-order valence-electron chi connectivity index (χ0n) is 15.1. The zero-order chi connectivity index (χ0) is 18.1. The molecular weight excluding hydrogens is 322 g/mol. The average Bonchev–Trinajstić information content (AvgIpc) is 3.07. The smallest absolute Gasteiger partial charge is 0.0991 e. The first-order valence-electron chi connectivity index (χ1n) is 9.08. The lowest BCUT2D eigenvalue weighted by Crippen LogP contribution is -2.53. The fraction of sp³-hybridized carbons (Fsp3) is 0.333. The van der Waals surface area contributed by atoms with Gasteiger partial charge in [0.25, 0.3) is 0 Å². The monoisotopic (exact) mass is 345 g/mol. The number of hydrazine groups is 1. The standard InChI is InChI=1S/C21H23N5/c1-14(2)18-13-26-19(12-24-18)20(16-6-8-23-9-7-16)21(25-26)17-5-3-4-15(10-17)11-22/h3-10,14,18,21,24-25H,12-13H2,1-2H3. The number of hydrogen-bond donors (Lipinski definition) is 2. The molecule has 2 aliphatic heterocycles. The van der Waals surface area contributed by atoms with Crippen molar-refractivity contribution in [2.45, 2.75) is 25.9 Å². The highest BCUT2D eigenvalue weighted by molar-refractivity contribution is 5.75. The molecule has 26 heavy (non-hydrogen) atoms. The summed E-state index contributed by atoms with van der Waals surface area (Å²) in [6.45, 7) is 6.26. The van der Waals surface area contributed by atoms with Gasteiger partial charge in [-0.3, -0.25) is 4.98 Å². The third-order valence-corrected chi connectivity index (χ3v) is 5.27. The molecular formula is C21H23N5. The van der Waals surface area contributed by atoms with E-state index in [1.54, 1.807) is 0 Å². The van der Waals surface area contributed by atoms with Gasteiger partial charge in [0.2, 0.25) is 0 Å². The van der Waals surface area contributed by atoms with Crippen molar-refractivity contribution in [2.24, 2.45) is 5.92 Å². The highest BCUT2D eigenvalue weighted by Gasteiger charge is 2.37. The molecule has 2 aliphatic rings. The Balaban J connectivity index is 1.77. The van der Waals surface area contributed by atoms with E-state index in [-0.39, 0.29) is 6.04 Å². The summed E-state index contributed by atoms with van der Waals surface area (Å²) in [6.07, 6.45) is 3.67. The summed E-state index contributed by atoms with van der Waals surface area (Å²) in [5.74, 6) is 0.573. The maximum absolute atomic E-state index is 9.28. The first-order chi connectivity index (χ1) is 12.7. The summed E-state index contributed by atoms with van der Waals surface area (Å²) in [5, 5.41) is 15.2. The molecule has 1 saturated heterocycles. The molecule has 0 saturated carbocycles. The van der Waals surface area contributed by atoms with Gasteiger partial charge >= 0.3 is 0 Å². The topological polar surface area (TPSA) is 64.0 Å². The molecule has 1 aromatic carbocycles. The van der Waals surface area contributed by atoms with E-state index in [0.29, 0.717) is 17.5 Å². The Labute approximate surface area is 154 Å². The Hall–Kier alpha value is -2.68. The summed E-state index contributed by atoms with van der Waals surface area (Å²) in [6, 6.07) is 14.7. The van der Waals surface area contributed by atoms with Crippen molar-refractivity contribution in [3.8, 4) is 6.07 Å². The second-order valence-electron chi connectivity index (χ2n) is 7.24. The van der Waals surface area contributed by atoms with E-state index in [1.807, 2.05) is 30.6 Å². The Morgan fingerprint density at radius 3 is 2.77 bits per heavy atom. The molecule has 3 heterocycles. The summed E-state index contributed by atoms with van der Waals surface area (Å²) < 4.78 is 0. The van der Waals surface area contributed by atoms with Crippen LogP contribution in [0.4, 0.5) is 0 Å². The SMILES string of the molecule is CC(C)C1CN2NC(c3cccc(C#N)c3)C(c3ccncc3)=C2CN1. The molecule has 4 rings (SSSR count). The fourth-order valence-electron chi connectivity index (χ4n) is 3.79. The third kappa shape index (κ3) is 2.98. The van der Waals surface area contributed by atoms with E-state index in [1.165, 1.54) is 16.8 Å². The highest BCUT2D eigenvalue weighted by Crippen LogP contribution is 2.40. The molecule has 2 atom stereocenters. The summed E-state index contributed by atoms with van der Waals surface area (Å²) >= 11 is 0. The number of fused-ring (bicyclic) bond motifs is 1. The van der Waals surface area contributed by atoms with E-state index in [2.05, 4.69) is 58.9 Å². The van der Waals surface area contributed by atoms with Gasteiger partial charge in [-0.15, -0.1) is 0 Å². The lowest BCUT2D eigenvalue weighted by Gasteiger charge is -2.36.